The minimum absolute atomic E-state index is 0.0964. The van der Waals surface area contributed by atoms with Crippen LogP contribution in [0, 0.1) is 0 Å². The number of methoxy groups -OCH3 is 1. The van der Waals surface area contributed by atoms with Gasteiger partial charge in [0.05, 0.1) is 41.1 Å². The minimum Gasteiger partial charge on any atom is -0.468 e. The first-order valence-electron chi connectivity index (χ1n) is 8.17. The fourth-order valence-corrected chi connectivity index (χ4v) is 5.75. The van der Waals surface area contributed by atoms with Crippen LogP contribution in [0.4, 0.5) is 5.69 Å². The summed E-state index contributed by atoms with van der Waals surface area (Å²) >= 11 is 2.75. The molecular weight excluding hydrogens is 410 g/mol. The highest BCUT2D eigenvalue weighted by atomic mass is 32.2. The van der Waals surface area contributed by atoms with E-state index in [9.17, 15) is 18.0 Å². The summed E-state index contributed by atoms with van der Waals surface area (Å²) in [5, 5.41) is 2.84. The molecule has 27 heavy (non-hydrogen) atoms. The molecule has 0 saturated carbocycles. The Morgan fingerprint density at radius 1 is 1.33 bits per heavy atom. The van der Waals surface area contributed by atoms with E-state index in [2.05, 4.69) is 15.0 Å². The lowest BCUT2D eigenvalue weighted by atomic mass is 10.3. The van der Waals surface area contributed by atoms with Crippen LogP contribution in [0.1, 0.15) is 0 Å². The average Bonchev–Trinajstić information content (AvgIpc) is 3.03. The molecule has 0 radical (unpaired) electrons. The number of esters is 1. The van der Waals surface area contributed by atoms with Crippen LogP contribution in [0.5, 0.6) is 0 Å². The molecule has 1 fully saturated rings. The fourth-order valence-electron chi connectivity index (χ4n) is 2.53. The van der Waals surface area contributed by atoms with Gasteiger partial charge in [-0.2, -0.15) is 0 Å². The normalized spacial score (nSPS) is 16.9. The second kappa shape index (κ2) is 8.55. The van der Waals surface area contributed by atoms with Crippen LogP contribution in [0.25, 0.3) is 10.2 Å². The van der Waals surface area contributed by atoms with Gasteiger partial charge >= 0.3 is 5.97 Å². The summed E-state index contributed by atoms with van der Waals surface area (Å²) in [7, 11) is -1.61. The smallest absolute Gasteiger partial charge is 0.316 e. The highest BCUT2D eigenvalue weighted by molar-refractivity contribution is 8.01. The second-order valence-corrected chi connectivity index (χ2v) is 10.6. The van der Waals surface area contributed by atoms with E-state index in [1.165, 1.54) is 30.2 Å². The van der Waals surface area contributed by atoms with Gasteiger partial charge in [-0.25, -0.2) is 13.4 Å². The molecule has 0 bridgehead atoms. The minimum atomic E-state index is -2.95. The molecule has 1 aliphatic rings. The Morgan fingerprint density at radius 2 is 2.07 bits per heavy atom. The largest absolute Gasteiger partial charge is 0.468 e. The number of hydrogen-bond donors (Lipinski definition) is 1. The van der Waals surface area contributed by atoms with E-state index < -0.39 is 9.84 Å². The highest BCUT2D eigenvalue weighted by Gasteiger charge is 2.23. The maximum Gasteiger partial charge on any atom is 0.316 e. The van der Waals surface area contributed by atoms with Gasteiger partial charge in [0, 0.05) is 18.8 Å². The number of benzene rings is 1. The molecule has 1 saturated heterocycles. The van der Waals surface area contributed by atoms with Crippen molar-refractivity contribution in [1.82, 2.24) is 9.88 Å². The van der Waals surface area contributed by atoms with Crippen LogP contribution in [0.15, 0.2) is 22.5 Å². The number of rotatable bonds is 6. The summed E-state index contributed by atoms with van der Waals surface area (Å²) in [6.45, 7) is 0.922. The van der Waals surface area contributed by atoms with Crippen LogP contribution in [-0.2, 0) is 24.2 Å². The maximum absolute atomic E-state index is 12.2. The van der Waals surface area contributed by atoms with Gasteiger partial charge in [-0.05, 0) is 18.2 Å². The molecule has 3 rings (SSSR count). The number of amides is 1. The predicted molar refractivity (Wildman–Crippen MR) is 106 cm³/mol. The molecule has 11 heteroatoms. The third-order valence-corrected chi connectivity index (χ3v) is 7.74. The Balaban J connectivity index is 1.58. The maximum atomic E-state index is 12.2. The van der Waals surface area contributed by atoms with Crippen molar-refractivity contribution in [2.45, 2.75) is 4.34 Å². The van der Waals surface area contributed by atoms with Gasteiger partial charge < -0.3 is 10.1 Å². The van der Waals surface area contributed by atoms with Gasteiger partial charge in [0.2, 0.25) is 5.91 Å². The number of aromatic nitrogens is 1. The quantitative estimate of drug-likeness (QED) is 0.540. The number of nitrogens with one attached hydrogen (secondary N) is 1. The Labute approximate surface area is 165 Å². The molecule has 1 aliphatic heterocycles. The number of anilines is 1. The molecule has 2 heterocycles. The van der Waals surface area contributed by atoms with Crippen LogP contribution >= 0.6 is 23.1 Å². The molecule has 0 atom stereocenters. The number of fused-ring (bicyclic) bond motifs is 1. The predicted octanol–water partition coefficient (Wildman–Crippen LogP) is 1.23. The number of thioether (sulfide) groups is 1. The summed E-state index contributed by atoms with van der Waals surface area (Å²) in [6.07, 6.45) is 0. The molecule has 1 N–H and O–H groups in total. The van der Waals surface area contributed by atoms with Gasteiger partial charge in [-0.1, -0.05) is 11.8 Å². The zero-order valence-electron chi connectivity index (χ0n) is 14.6. The third-order valence-electron chi connectivity index (χ3n) is 4.00. The van der Waals surface area contributed by atoms with E-state index in [1.54, 1.807) is 6.07 Å². The van der Waals surface area contributed by atoms with E-state index in [0.717, 1.165) is 14.6 Å². The molecule has 0 unspecified atom stereocenters. The lowest BCUT2D eigenvalue weighted by Gasteiger charge is -2.25. The van der Waals surface area contributed by atoms with Gasteiger partial charge in [-0.3, -0.25) is 14.5 Å². The number of sulfone groups is 1. The summed E-state index contributed by atoms with van der Waals surface area (Å²) in [4.78, 5) is 29.7. The van der Waals surface area contributed by atoms with Crippen LogP contribution < -0.4 is 5.32 Å². The van der Waals surface area contributed by atoms with Gasteiger partial charge in [0.1, 0.15) is 0 Å². The molecule has 0 aliphatic carbocycles. The Bertz CT molecular complexity index is 943. The van der Waals surface area contributed by atoms with Crippen molar-refractivity contribution in [3.05, 3.63) is 18.2 Å². The van der Waals surface area contributed by atoms with E-state index in [0.29, 0.717) is 18.8 Å². The number of thiazole rings is 1. The molecular formula is C16H19N3O5S3. The first-order chi connectivity index (χ1) is 12.8. The number of ether oxygens (including phenoxy) is 1. The van der Waals surface area contributed by atoms with Crippen molar-refractivity contribution in [3.8, 4) is 0 Å². The zero-order chi connectivity index (χ0) is 19.4. The zero-order valence-corrected chi connectivity index (χ0v) is 17.1. The summed E-state index contributed by atoms with van der Waals surface area (Å²) < 4.78 is 29.2. The lowest BCUT2D eigenvalue weighted by molar-refractivity contribution is -0.137. The standard InChI is InChI=1S/C16H19N3O5S3/c1-24-15(21)10-25-16-18-12-3-2-11(8-13(12)26-16)17-14(20)9-19-4-6-27(22,23)7-5-19/h2-3,8H,4-7,9-10H2,1H3,(H,17,20). The number of carbonyl (C=O) groups is 2. The van der Waals surface area contributed by atoms with E-state index in [-0.39, 0.29) is 35.7 Å². The van der Waals surface area contributed by atoms with Crippen molar-refractivity contribution in [3.63, 3.8) is 0 Å². The molecule has 0 spiro atoms. The molecule has 1 amide bonds. The number of hydrogen-bond acceptors (Lipinski definition) is 9. The molecule has 8 nitrogen and oxygen atoms in total. The Kier molecular flexibility index (Phi) is 6.35. The molecule has 1 aromatic heterocycles. The van der Waals surface area contributed by atoms with Crippen LogP contribution in [-0.4, -0.2) is 74.2 Å². The SMILES string of the molecule is COC(=O)CSc1nc2ccc(NC(=O)CN3CCS(=O)(=O)CC3)cc2s1. The Hall–Kier alpha value is -1.69. The van der Waals surface area contributed by atoms with E-state index >= 15 is 0 Å². The highest BCUT2D eigenvalue weighted by Crippen LogP contribution is 2.31. The van der Waals surface area contributed by atoms with Crippen LogP contribution in [0.3, 0.4) is 0 Å². The topological polar surface area (TPSA) is 106 Å². The van der Waals surface area contributed by atoms with Crippen molar-refractivity contribution in [1.29, 1.82) is 0 Å². The van der Waals surface area contributed by atoms with Crippen molar-refractivity contribution in [2.24, 2.45) is 0 Å². The Morgan fingerprint density at radius 3 is 2.78 bits per heavy atom. The first kappa shape index (κ1) is 20.1. The lowest BCUT2D eigenvalue weighted by Crippen LogP contribution is -2.43. The molecule has 1 aromatic carbocycles. The van der Waals surface area contributed by atoms with Crippen molar-refractivity contribution in [2.75, 3.05) is 49.3 Å². The van der Waals surface area contributed by atoms with Gasteiger partial charge in [0.15, 0.2) is 14.2 Å². The average molecular weight is 430 g/mol. The van der Waals surface area contributed by atoms with E-state index in [1.807, 2.05) is 17.0 Å². The summed E-state index contributed by atoms with van der Waals surface area (Å²) in [5.74, 6) is -0.0971. The van der Waals surface area contributed by atoms with Crippen molar-refractivity contribution < 1.29 is 22.7 Å². The monoisotopic (exact) mass is 429 g/mol. The number of carbonyl (C=O) groups excluding carboxylic acids is 2. The van der Waals surface area contributed by atoms with E-state index in [4.69, 9.17) is 0 Å². The fraction of sp³-hybridized carbons (Fsp3) is 0.438. The van der Waals surface area contributed by atoms with Crippen molar-refractivity contribution >= 4 is 60.7 Å². The molecule has 2 aromatic rings. The first-order valence-corrected chi connectivity index (χ1v) is 11.8. The van der Waals surface area contributed by atoms with Gasteiger partial charge in [-0.15, -0.1) is 11.3 Å². The molecule has 146 valence electrons. The summed E-state index contributed by atoms with van der Waals surface area (Å²) in [5.41, 5.74) is 1.46. The summed E-state index contributed by atoms with van der Waals surface area (Å²) in [6, 6.07) is 5.43. The number of nitrogens with zero attached hydrogens (tertiary/aromatic N) is 2. The van der Waals surface area contributed by atoms with Gasteiger partial charge in [0.25, 0.3) is 0 Å². The van der Waals surface area contributed by atoms with Crippen LogP contribution in [0.2, 0.25) is 0 Å². The second-order valence-electron chi connectivity index (χ2n) is 6.00. The third kappa shape index (κ3) is 5.64.